The molecular weight excluding hydrogens is 426 g/mol. The Morgan fingerprint density at radius 3 is 2.24 bits per heavy atom. The molecule has 7 aromatic rings. The van der Waals surface area contributed by atoms with Gasteiger partial charge < -0.3 is 8.98 Å². The van der Waals surface area contributed by atoms with Gasteiger partial charge in [0.05, 0.1) is 21.7 Å². The molecular formula is C30H16ClNO. The van der Waals surface area contributed by atoms with Crippen molar-refractivity contribution in [1.29, 1.82) is 0 Å². The average Bonchev–Trinajstić information content (AvgIpc) is 3.37. The topological polar surface area (TPSA) is 18.1 Å². The van der Waals surface area contributed by atoms with Crippen molar-refractivity contribution in [3.05, 3.63) is 102 Å². The molecule has 0 atom stereocenters. The van der Waals surface area contributed by atoms with Crippen LogP contribution in [0.25, 0.3) is 71.7 Å². The zero-order valence-corrected chi connectivity index (χ0v) is 18.2. The fourth-order valence-electron chi connectivity index (χ4n) is 5.69. The molecule has 0 N–H and O–H groups in total. The summed E-state index contributed by atoms with van der Waals surface area (Å²) in [4.78, 5) is 0. The summed E-state index contributed by atoms with van der Waals surface area (Å²) < 4.78 is 8.94. The molecule has 0 spiro atoms. The number of para-hydroxylation sites is 4. The first-order chi connectivity index (χ1) is 16.3. The molecule has 0 amide bonds. The summed E-state index contributed by atoms with van der Waals surface area (Å²) in [6.45, 7) is 0. The molecule has 2 aromatic heterocycles. The van der Waals surface area contributed by atoms with E-state index in [1.165, 1.54) is 44.2 Å². The van der Waals surface area contributed by atoms with E-state index in [1.54, 1.807) is 0 Å². The number of fused-ring (bicyclic) bond motifs is 12. The highest BCUT2D eigenvalue weighted by Crippen LogP contribution is 2.50. The molecule has 0 saturated carbocycles. The van der Waals surface area contributed by atoms with Crippen molar-refractivity contribution in [2.24, 2.45) is 0 Å². The lowest BCUT2D eigenvalue weighted by atomic mass is 9.92. The van der Waals surface area contributed by atoms with Gasteiger partial charge in [-0.2, -0.15) is 0 Å². The molecule has 0 radical (unpaired) electrons. The smallest absolute Gasteiger partial charge is 0.154 e. The first-order valence-electron chi connectivity index (χ1n) is 11.1. The van der Waals surface area contributed by atoms with Gasteiger partial charge in [0.2, 0.25) is 0 Å². The van der Waals surface area contributed by atoms with Crippen LogP contribution in [0.15, 0.2) is 101 Å². The summed E-state index contributed by atoms with van der Waals surface area (Å²) in [6, 6.07) is 34.3. The molecule has 0 aliphatic carbocycles. The number of hydrogen-bond donors (Lipinski definition) is 0. The monoisotopic (exact) mass is 441 g/mol. The normalized spacial score (nSPS) is 12.4. The summed E-state index contributed by atoms with van der Waals surface area (Å²) in [6.07, 6.45) is 0. The molecule has 5 aromatic carbocycles. The van der Waals surface area contributed by atoms with Gasteiger partial charge in [-0.05, 0) is 29.8 Å². The van der Waals surface area contributed by atoms with Gasteiger partial charge in [-0.3, -0.25) is 0 Å². The Morgan fingerprint density at radius 2 is 1.27 bits per heavy atom. The summed E-state index contributed by atoms with van der Waals surface area (Å²) in [7, 11) is 0. The zero-order chi connectivity index (χ0) is 21.7. The second-order valence-electron chi connectivity index (χ2n) is 8.65. The van der Waals surface area contributed by atoms with Gasteiger partial charge in [-0.1, -0.05) is 84.4 Å². The molecule has 0 bridgehead atoms. The Kier molecular flexibility index (Phi) is 3.22. The van der Waals surface area contributed by atoms with Crippen LogP contribution in [0, 0.1) is 0 Å². The van der Waals surface area contributed by atoms with Gasteiger partial charge in [0, 0.05) is 38.2 Å². The van der Waals surface area contributed by atoms with Crippen molar-refractivity contribution < 1.29 is 4.42 Å². The third kappa shape index (κ3) is 2.10. The van der Waals surface area contributed by atoms with Crippen LogP contribution in [0.4, 0.5) is 0 Å². The maximum atomic E-state index is 6.54. The fourth-order valence-corrected chi connectivity index (χ4v) is 5.90. The predicted octanol–water partition coefficient (Wildman–Crippen LogP) is 8.98. The maximum Gasteiger partial charge on any atom is 0.154 e. The standard InChI is InChI=1S/C30H16ClNO/c31-24-12-6-10-21-22-16-15-19-17-7-1-3-13-25(17)32-26-14-4-2-8-18(26)20-9-5-11-23(28(20)32)27(19)30(22)33-29(21)24/h1-16H. The molecule has 0 unspecified atom stereocenters. The van der Waals surface area contributed by atoms with Crippen LogP contribution >= 0.6 is 11.6 Å². The lowest BCUT2D eigenvalue weighted by Crippen LogP contribution is -1.95. The molecule has 1 aliphatic heterocycles. The van der Waals surface area contributed by atoms with Crippen LogP contribution in [0.5, 0.6) is 0 Å². The fraction of sp³-hybridized carbons (Fsp3) is 0. The van der Waals surface area contributed by atoms with Gasteiger partial charge in [0.1, 0.15) is 5.58 Å². The van der Waals surface area contributed by atoms with E-state index in [1.807, 2.05) is 12.1 Å². The zero-order valence-electron chi connectivity index (χ0n) is 17.5. The average molecular weight is 442 g/mol. The number of rotatable bonds is 0. The lowest BCUT2D eigenvalue weighted by Gasteiger charge is -2.12. The van der Waals surface area contributed by atoms with Crippen LogP contribution in [0.2, 0.25) is 5.02 Å². The Hall–Kier alpha value is -4.01. The largest absolute Gasteiger partial charge is 0.454 e. The van der Waals surface area contributed by atoms with Crippen molar-refractivity contribution in [3.63, 3.8) is 0 Å². The molecule has 154 valence electrons. The minimum Gasteiger partial charge on any atom is -0.454 e. The highest BCUT2D eigenvalue weighted by molar-refractivity contribution is 6.36. The number of aromatic nitrogens is 1. The highest BCUT2D eigenvalue weighted by Gasteiger charge is 2.27. The summed E-state index contributed by atoms with van der Waals surface area (Å²) in [5, 5.41) is 5.28. The van der Waals surface area contributed by atoms with Crippen molar-refractivity contribution in [3.8, 4) is 27.9 Å². The molecule has 33 heavy (non-hydrogen) atoms. The Labute approximate surface area is 194 Å². The van der Waals surface area contributed by atoms with E-state index in [2.05, 4.69) is 89.5 Å². The Balaban J connectivity index is 1.69. The maximum absolute atomic E-state index is 6.54. The summed E-state index contributed by atoms with van der Waals surface area (Å²) in [5.41, 5.74) is 9.91. The van der Waals surface area contributed by atoms with Crippen LogP contribution in [-0.4, -0.2) is 4.57 Å². The van der Waals surface area contributed by atoms with E-state index in [9.17, 15) is 0 Å². The Morgan fingerprint density at radius 1 is 0.545 bits per heavy atom. The van der Waals surface area contributed by atoms with E-state index < -0.39 is 0 Å². The van der Waals surface area contributed by atoms with E-state index in [4.69, 9.17) is 16.0 Å². The van der Waals surface area contributed by atoms with Crippen LogP contribution in [0.1, 0.15) is 0 Å². The number of benzene rings is 5. The van der Waals surface area contributed by atoms with E-state index >= 15 is 0 Å². The predicted molar refractivity (Wildman–Crippen MR) is 137 cm³/mol. The van der Waals surface area contributed by atoms with Crippen molar-refractivity contribution in [2.75, 3.05) is 0 Å². The minimum absolute atomic E-state index is 0.638. The third-order valence-corrected chi connectivity index (χ3v) is 7.32. The van der Waals surface area contributed by atoms with Crippen LogP contribution in [-0.2, 0) is 0 Å². The second kappa shape index (κ2) is 6.06. The van der Waals surface area contributed by atoms with Gasteiger partial charge in [-0.25, -0.2) is 0 Å². The van der Waals surface area contributed by atoms with E-state index in [-0.39, 0.29) is 0 Å². The lowest BCUT2D eigenvalue weighted by molar-refractivity contribution is 0.670. The van der Waals surface area contributed by atoms with Gasteiger partial charge >= 0.3 is 0 Å². The molecule has 0 saturated heterocycles. The molecule has 0 fully saturated rings. The van der Waals surface area contributed by atoms with E-state index in [0.717, 1.165) is 27.5 Å². The minimum atomic E-state index is 0.638. The number of hydrogen-bond acceptors (Lipinski definition) is 1. The van der Waals surface area contributed by atoms with Crippen molar-refractivity contribution >= 4 is 55.3 Å². The molecule has 2 nitrogen and oxygen atoms in total. The summed E-state index contributed by atoms with van der Waals surface area (Å²) >= 11 is 6.54. The quantitative estimate of drug-likeness (QED) is 0.229. The van der Waals surface area contributed by atoms with Crippen LogP contribution in [0.3, 0.4) is 0 Å². The highest BCUT2D eigenvalue weighted by atomic mass is 35.5. The molecule has 8 rings (SSSR count). The SMILES string of the molecule is Clc1cccc2c1oc1c3c(ccc12)-c1ccccc1-n1c2ccccc2c2cccc-3c21. The van der Waals surface area contributed by atoms with Gasteiger partial charge in [0.15, 0.2) is 5.58 Å². The van der Waals surface area contributed by atoms with Crippen molar-refractivity contribution in [1.82, 2.24) is 4.57 Å². The number of nitrogens with zero attached hydrogens (tertiary/aromatic N) is 1. The van der Waals surface area contributed by atoms with Crippen LogP contribution < -0.4 is 0 Å². The molecule has 3 heterocycles. The number of furan rings is 1. The first kappa shape index (κ1) is 17.5. The van der Waals surface area contributed by atoms with Gasteiger partial charge in [0.25, 0.3) is 0 Å². The Bertz CT molecular complexity index is 1940. The summed E-state index contributed by atoms with van der Waals surface area (Å²) in [5.74, 6) is 0. The second-order valence-corrected chi connectivity index (χ2v) is 9.06. The first-order valence-corrected chi connectivity index (χ1v) is 11.4. The number of halogens is 1. The van der Waals surface area contributed by atoms with E-state index in [0.29, 0.717) is 5.02 Å². The molecule has 3 heteroatoms. The third-order valence-electron chi connectivity index (χ3n) is 7.02. The van der Waals surface area contributed by atoms with Gasteiger partial charge in [-0.15, -0.1) is 0 Å². The van der Waals surface area contributed by atoms with Crippen molar-refractivity contribution in [2.45, 2.75) is 0 Å². The molecule has 1 aliphatic rings.